The number of aryl methyl sites for hydroxylation is 2. The van der Waals surface area contributed by atoms with E-state index in [0.717, 1.165) is 13.0 Å². The minimum absolute atomic E-state index is 0.568. The van der Waals surface area contributed by atoms with Crippen molar-refractivity contribution < 1.29 is 0 Å². The molecule has 1 aliphatic heterocycles. The highest BCUT2D eigenvalue weighted by Gasteiger charge is 2.29. The number of rotatable bonds is 3. The van der Waals surface area contributed by atoms with E-state index in [1.165, 1.54) is 28.7 Å². The number of hydrogen-bond acceptors (Lipinski definition) is 1. The van der Waals surface area contributed by atoms with Crippen molar-refractivity contribution in [3.05, 3.63) is 70.8 Å². The smallest absolute Gasteiger partial charge is 0.0177 e. The summed E-state index contributed by atoms with van der Waals surface area (Å²) in [7, 11) is 0. The lowest BCUT2D eigenvalue weighted by Crippen LogP contribution is -2.28. The third-order valence-electron chi connectivity index (χ3n) is 4.47. The van der Waals surface area contributed by atoms with Gasteiger partial charge in [-0.1, -0.05) is 54.1 Å². The molecule has 0 radical (unpaired) electrons. The summed E-state index contributed by atoms with van der Waals surface area (Å²) in [6, 6.07) is 18.3. The van der Waals surface area contributed by atoms with Gasteiger partial charge in [-0.15, -0.1) is 0 Å². The van der Waals surface area contributed by atoms with Crippen molar-refractivity contribution >= 4 is 0 Å². The van der Waals surface area contributed by atoms with Gasteiger partial charge in [0.15, 0.2) is 0 Å². The predicted octanol–water partition coefficient (Wildman–Crippen LogP) is 3.99. The van der Waals surface area contributed by atoms with Gasteiger partial charge in [-0.2, -0.15) is 0 Å². The zero-order valence-electron chi connectivity index (χ0n) is 12.4. The summed E-state index contributed by atoms with van der Waals surface area (Å²) in [5.74, 6) is 0.649. The van der Waals surface area contributed by atoms with Crippen molar-refractivity contribution in [2.75, 3.05) is 6.54 Å². The zero-order valence-corrected chi connectivity index (χ0v) is 12.4. The first-order valence-electron chi connectivity index (χ1n) is 7.58. The molecule has 104 valence electrons. The van der Waals surface area contributed by atoms with Crippen LogP contribution in [0.5, 0.6) is 0 Å². The average molecular weight is 265 g/mol. The van der Waals surface area contributed by atoms with Crippen molar-refractivity contribution in [3.63, 3.8) is 0 Å². The molecule has 1 fully saturated rings. The Bertz CT molecular complexity index is 574. The molecule has 1 heteroatoms. The molecule has 1 aliphatic rings. The molecule has 0 amide bonds. The molecule has 1 nitrogen and oxygen atoms in total. The number of nitrogens with one attached hydrogen (secondary N) is 1. The van der Waals surface area contributed by atoms with Crippen LogP contribution in [-0.4, -0.2) is 12.6 Å². The first kappa shape index (κ1) is 13.4. The first-order chi connectivity index (χ1) is 9.74. The Hall–Kier alpha value is -1.60. The van der Waals surface area contributed by atoms with Gasteiger partial charge in [0.2, 0.25) is 0 Å². The maximum atomic E-state index is 3.70. The summed E-state index contributed by atoms with van der Waals surface area (Å²) >= 11 is 0. The highest BCUT2D eigenvalue weighted by atomic mass is 14.9. The van der Waals surface area contributed by atoms with Crippen LogP contribution in [0.25, 0.3) is 0 Å². The van der Waals surface area contributed by atoms with Crippen LogP contribution in [-0.2, 0) is 6.42 Å². The van der Waals surface area contributed by atoms with Gasteiger partial charge in [-0.25, -0.2) is 0 Å². The zero-order chi connectivity index (χ0) is 13.9. The van der Waals surface area contributed by atoms with Crippen LogP contribution in [0.15, 0.2) is 48.5 Å². The predicted molar refractivity (Wildman–Crippen MR) is 85.2 cm³/mol. The second kappa shape index (κ2) is 5.80. The maximum Gasteiger partial charge on any atom is 0.0177 e. The molecule has 1 heterocycles. The largest absolute Gasteiger partial charge is 0.313 e. The van der Waals surface area contributed by atoms with E-state index in [1.807, 2.05) is 0 Å². The highest BCUT2D eigenvalue weighted by Crippen LogP contribution is 2.32. The van der Waals surface area contributed by atoms with Gasteiger partial charge in [-0.3, -0.25) is 0 Å². The van der Waals surface area contributed by atoms with Gasteiger partial charge < -0.3 is 5.32 Å². The minimum atomic E-state index is 0.568. The van der Waals surface area contributed by atoms with E-state index in [4.69, 9.17) is 0 Å². The Balaban J connectivity index is 1.82. The SMILES string of the molecule is Cc1ccc(C2CCNC2Cc2ccccc2)c(C)c1. The summed E-state index contributed by atoms with van der Waals surface area (Å²) in [4.78, 5) is 0. The van der Waals surface area contributed by atoms with E-state index >= 15 is 0 Å². The first-order valence-corrected chi connectivity index (χ1v) is 7.58. The molecule has 1 N–H and O–H groups in total. The molecule has 0 spiro atoms. The van der Waals surface area contributed by atoms with Gasteiger partial charge in [0.25, 0.3) is 0 Å². The Morgan fingerprint density at radius 1 is 1.05 bits per heavy atom. The fourth-order valence-corrected chi connectivity index (χ4v) is 3.46. The lowest BCUT2D eigenvalue weighted by Gasteiger charge is -2.22. The fraction of sp³-hybridized carbons (Fsp3) is 0.368. The van der Waals surface area contributed by atoms with Gasteiger partial charge in [0, 0.05) is 12.0 Å². The van der Waals surface area contributed by atoms with Gasteiger partial charge in [0.1, 0.15) is 0 Å². The Morgan fingerprint density at radius 2 is 1.85 bits per heavy atom. The molecule has 2 aromatic rings. The van der Waals surface area contributed by atoms with E-state index in [1.54, 1.807) is 0 Å². The van der Waals surface area contributed by atoms with Crippen LogP contribution in [0.2, 0.25) is 0 Å². The summed E-state index contributed by atoms with van der Waals surface area (Å²) < 4.78 is 0. The molecule has 3 rings (SSSR count). The third kappa shape index (κ3) is 2.78. The molecule has 0 saturated carbocycles. The van der Waals surface area contributed by atoms with Crippen molar-refractivity contribution in [1.82, 2.24) is 5.32 Å². The summed E-state index contributed by atoms with van der Waals surface area (Å²) in [5.41, 5.74) is 5.76. The van der Waals surface area contributed by atoms with Crippen molar-refractivity contribution in [3.8, 4) is 0 Å². The average Bonchev–Trinajstić information content (AvgIpc) is 2.88. The topological polar surface area (TPSA) is 12.0 Å². The van der Waals surface area contributed by atoms with E-state index in [9.17, 15) is 0 Å². The Morgan fingerprint density at radius 3 is 2.60 bits per heavy atom. The van der Waals surface area contributed by atoms with Crippen molar-refractivity contribution in [2.24, 2.45) is 0 Å². The summed E-state index contributed by atoms with van der Waals surface area (Å²) in [5, 5.41) is 3.70. The molecule has 2 unspecified atom stereocenters. The fourth-order valence-electron chi connectivity index (χ4n) is 3.46. The lowest BCUT2D eigenvalue weighted by atomic mass is 9.85. The van der Waals surface area contributed by atoms with E-state index < -0.39 is 0 Å². The Kier molecular flexibility index (Phi) is 3.88. The quantitative estimate of drug-likeness (QED) is 0.884. The molecule has 0 aromatic heterocycles. The van der Waals surface area contributed by atoms with E-state index in [2.05, 4.69) is 67.7 Å². The van der Waals surface area contributed by atoms with E-state index in [-0.39, 0.29) is 0 Å². The summed E-state index contributed by atoms with van der Waals surface area (Å²) in [6.07, 6.45) is 2.38. The molecule has 2 atom stereocenters. The third-order valence-corrected chi connectivity index (χ3v) is 4.47. The molecular weight excluding hydrogens is 242 g/mol. The maximum absolute atomic E-state index is 3.70. The van der Waals surface area contributed by atoms with Gasteiger partial charge >= 0.3 is 0 Å². The molecule has 1 saturated heterocycles. The van der Waals surface area contributed by atoms with Crippen molar-refractivity contribution in [1.29, 1.82) is 0 Å². The van der Waals surface area contributed by atoms with Crippen LogP contribution in [0.1, 0.15) is 34.6 Å². The highest BCUT2D eigenvalue weighted by molar-refractivity contribution is 5.35. The molecule has 20 heavy (non-hydrogen) atoms. The molecule has 2 aromatic carbocycles. The van der Waals surface area contributed by atoms with Crippen molar-refractivity contribution in [2.45, 2.75) is 38.6 Å². The normalized spacial score (nSPS) is 22.1. The number of benzene rings is 2. The lowest BCUT2D eigenvalue weighted by molar-refractivity contribution is 0.542. The number of hydrogen-bond donors (Lipinski definition) is 1. The van der Waals surface area contributed by atoms with Crippen LogP contribution < -0.4 is 5.32 Å². The molecular formula is C19H23N. The van der Waals surface area contributed by atoms with Crippen LogP contribution in [0, 0.1) is 13.8 Å². The van der Waals surface area contributed by atoms with Gasteiger partial charge in [0.05, 0.1) is 0 Å². The minimum Gasteiger partial charge on any atom is -0.313 e. The van der Waals surface area contributed by atoms with Crippen LogP contribution >= 0.6 is 0 Å². The Labute approximate surface area is 122 Å². The van der Waals surface area contributed by atoms with Gasteiger partial charge in [-0.05, 0) is 49.9 Å². The summed E-state index contributed by atoms with van der Waals surface area (Å²) in [6.45, 7) is 5.56. The van der Waals surface area contributed by atoms with E-state index in [0.29, 0.717) is 12.0 Å². The van der Waals surface area contributed by atoms with Crippen LogP contribution in [0.4, 0.5) is 0 Å². The van der Waals surface area contributed by atoms with Crippen LogP contribution in [0.3, 0.4) is 0 Å². The standard InChI is InChI=1S/C19H23N/c1-14-8-9-17(15(2)12-14)18-10-11-20-19(18)13-16-6-4-3-5-7-16/h3-9,12,18-20H,10-11,13H2,1-2H3. The second-order valence-corrected chi connectivity index (χ2v) is 6.01. The molecule has 0 bridgehead atoms. The molecule has 0 aliphatic carbocycles. The monoisotopic (exact) mass is 265 g/mol. The second-order valence-electron chi connectivity index (χ2n) is 6.01.